The monoisotopic (exact) mass is 329 g/mol. The number of hydrogen-bond donors (Lipinski definition) is 1. The minimum atomic E-state index is -3.66. The Balaban J connectivity index is 2.14. The third-order valence-electron chi connectivity index (χ3n) is 3.82. The molecule has 122 valence electrons. The van der Waals surface area contributed by atoms with E-state index < -0.39 is 28.0 Å². The Bertz CT molecular complexity index is 660. The molecule has 1 aromatic rings. The van der Waals surface area contributed by atoms with E-state index in [1.807, 2.05) is 0 Å². The molecular formula is C15H20FNO4S. The number of ether oxygens (including phenoxy) is 1. The molecule has 1 aliphatic rings. The van der Waals surface area contributed by atoms with Crippen LogP contribution in [0, 0.1) is 11.7 Å². The third kappa shape index (κ3) is 4.04. The van der Waals surface area contributed by atoms with Crippen LogP contribution in [0.4, 0.5) is 4.39 Å². The van der Waals surface area contributed by atoms with E-state index in [1.165, 1.54) is 26.2 Å². The van der Waals surface area contributed by atoms with Gasteiger partial charge in [0, 0.05) is 6.04 Å². The number of sulfonamides is 1. The molecule has 0 fully saturated rings. The van der Waals surface area contributed by atoms with Crippen molar-refractivity contribution in [2.75, 3.05) is 12.9 Å². The molecule has 0 spiro atoms. The van der Waals surface area contributed by atoms with Crippen LogP contribution in [-0.4, -0.2) is 27.2 Å². The molecule has 2 atom stereocenters. The van der Waals surface area contributed by atoms with Crippen LogP contribution in [0.25, 0.3) is 0 Å². The molecule has 5 nitrogen and oxygen atoms in total. The van der Waals surface area contributed by atoms with E-state index in [-0.39, 0.29) is 11.6 Å². The Morgan fingerprint density at radius 1 is 1.50 bits per heavy atom. The maximum atomic E-state index is 13.4. The van der Waals surface area contributed by atoms with Gasteiger partial charge in [0.1, 0.15) is 5.82 Å². The summed E-state index contributed by atoms with van der Waals surface area (Å²) < 4.78 is 45.0. The summed E-state index contributed by atoms with van der Waals surface area (Å²) in [5.41, 5.74) is 1.64. The van der Waals surface area contributed by atoms with Crippen molar-refractivity contribution in [1.82, 2.24) is 4.72 Å². The molecule has 0 heterocycles. The maximum Gasteiger partial charge on any atom is 0.309 e. The minimum absolute atomic E-state index is 0.346. The quantitative estimate of drug-likeness (QED) is 0.838. The summed E-state index contributed by atoms with van der Waals surface area (Å²) in [5.74, 6) is -2.05. The molecule has 0 aliphatic heterocycles. The number of halogens is 1. The topological polar surface area (TPSA) is 72.5 Å². The Labute approximate surface area is 129 Å². The van der Waals surface area contributed by atoms with Crippen molar-refractivity contribution in [3.8, 4) is 0 Å². The minimum Gasteiger partial charge on any atom is -0.469 e. The fourth-order valence-electron chi connectivity index (χ4n) is 2.76. The highest BCUT2D eigenvalue weighted by Gasteiger charge is 2.28. The van der Waals surface area contributed by atoms with Gasteiger partial charge >= 0.3 is 5.97 Å². The molecule has 2 rings (SSSR count). The number of nitrogens with one attached hydrogen (secondary N) is 1. The van der Waals surface area contributed by atoms with Crippen molar-refractivity contribution in [2.24, 2.45) is 5.92 Å². The first-order valence-electron chi connectivity index (χ1n) is 7.18. The summed E-state index contributed by atoms with van der Waals surface area (Å²) in [7, 11) is -2.44. The van der Waals surface area contributed by atoms with E-state index in [4.69, 9.17) is 0 Å². The normalized spacial score (nSPS) is 19.3. The van der Waals surface area contributed by atoms with Gasteiger partial charge in [0.25, 0.3) is 0 Å². The SMILES string of the molecule is COC(=O)C(C)CS(=O)(=O)N[C@H]1CCCc2ccc(F)cc21. The summed E-state index contributed by atoms with van der Waals surface area (Å²) in [6.45, 7) is 1.50. The third-order valence-corrected chi connectivity index (χ3v) is 5.40. The average molecular weight is 329 g/mol. The lowest BCUT2D eigenvalue weighted by Crippen LogP contribution is -2.36. The number of aryl methyl sites for hydroxylation is 1. The zero-order valence-electron chi connectivity index (χ0n) is 12.6. The van der Waals surface area contributed by atoms with Crippen molar-refractivity contribution >= 4 is 16.0 Å². The predicted molar refractivity (Wildman–Crippen MR) is 80.2 cm³/mol. The Morgan fingerprint density at radius 3 is 2.91 bits per heavy atom. The van der Waals surface area contributed by atoms with Crippen molar-refractivity contribution in [2.45, 2.75) is 32.2 Å². The van der Waals surface area contributed by atoms with Gasteiger partial charge in [0.15, 0.2) is 0 Å². The van der Waals surface area contributed by atoms with Crippen molar-refractivity contribution in [3.05, 3.63) is 35.1 Å². The largest absolute Gasteiger partial charge is 0.469 e. The van der Waals surface area contributed by atoms with Gasteiger partial charge < -0.3 is 4.74 Å². The number of carbonyl (C=O) groups excluding carboxylic acids is 1. The molecule has 7 heteroatoms. The van der Waals surface area contributed by atoms with Crippen LogP contribution >= 0.6 is 0 Å². The van der Waals surface area contributed by atoms with Gasteiger partial charge in [0.05, 0.1) is 18.8 Å². The Hall–Kier alpha value is -1.47. The van der Waals surface area contributed by atoms with Crippen LogP contribution in [0.5, 0.6) is 0 Å². The highest BCUT2D eigenvalue weighted by Crippen LogP contribution is 2.31. The van der Waals surface area contributed by atoms with Gasteiger partial charge in [-0.1, -0.05) is 13.0 Å². The molecule has 0 radical (unpaired) electrons. The van der Waals surface area contributed by atoms with Gasteiger partial charge in [0.2, 0.25) is 10.0 Å². The number of benzene rings is 1. The lowest BCUT2D eigenvalue weighted by Gasteiger charge is -2.26. The van der Waals surface area contributed by atoms with Crippen LogP contribution in [-0.2, 0) is 26.0 Å². The van der Waals surface area contributed by atoms with Gasteiger partial charge in [-0.05, 0) is 42.5 Å². The molecule has 0 bridgehead atoms. The fourth-order valence-corrected chi connectivity index (χ4v) is 4.32. The van der Waals surface area contributed by atoms with Crippen LogP contribution in [0.15, 0.2) is 18.2 Å². The molecule has 0 aromatic heterocycles. The second kappa shape index (κ2) is 6.75. The zero-order chi connectivity index (χ0) is 16.3. The number of carbonyl (C=O) groups is 1. The first-order chi connectivity index (χ1) is 10.3. The predicted octanol–water partition coefficient (Wildman–Crippen LogP) is 1.93. The number of hydrogen-bond acceptors (Lipinski definition) is 4. The lowest BCUT2D eigenvalue weighted by atomic mass is 9.88. The van der Waals surface area contributed by atoms with Crippen molar-refractivity contribution < 1.29 is 22.3 Å². The zero-order valence-corrected chi connectivity index (χ0v) is 13.5. The van der Waals surface area contributed by atoms with E-state index >= 15 is 0 Å². The molecule has 0 saturated heterocycles. The molecule has 1 aromatic carbocycles. The average Bonchev–Trinajstić information content (AvgIpc) is 2.46. The van der Waals surface area contributed by atoms with Crippen LogP contribution in [0.1, 0.15) is 36.9 Å². The number of methoxy groups -OCH3 is 1. The molecule has 1 N–H and O–H groups in total. The van der Waals surface area contributed by atoms with Crippen LogP contribution in [0.3, 0.4) is 0 Å². The number of esters is 1. The highest BCUT2D eigenvalue weighted by atomic mass is 32.2. The van der Waals surface area contributed by atoms with E-state index in [0.717, 1.165) is 18.4 Å². The molecule has 0 amide bonds. The fraction of sp³-hybridized carbons (Fsp3) is 0.533. The van der Waals surface area contributed by atoms with Gasteiger partial charge in [-0.25, -0.2) is 17.5 Å². The Kier molecular flexibility index (Phi) is 5.18. The molecular weight excluding hydrogens is 309 g/mol. The molecule has 1 aliphatic carbocycles. The molecule has 22 heavy (non-hydrogen) atoms. The highest BCUT2D eigenvalue weighted by molar-refractivity contribution is 7.89. The molecule has 1 unspecified atom stereocenters. The maximum absolute atomic E-state index is 13.4. The molecule has 0 saturated carbocycles. The van der Waals surface area contributed by atoms with E-state index in [0.29, 0.717) is 12.0 Å². The Morgan fingerprint density at radius 2 is 2.23 bits per heavy atom. The van der Waals surface area contributed by atoms with Gasteiger partial charge in [-0.2, -0.15) is 0 Å². The summed E-state index contributed by atoms with van der Waals surface area (Å²) >= 11 is 0. The van der Waals surface area contributed by atoms with E-state index in [2.05, 4.69) is 9.46 Å². The van der Waals surface area contributed by atoms with Crippen molar-refractivity contribution in [1.29, 1.82) is 0 Å². The lowest BCUT2D eigenvalue weighted by molar-refractivity contribution is -0.144. The second-order valence-electron chi connectivity index (χ2n) is 5.61. The first kappa shape index (κ1) is 16.9. The summed E-state index contributed by atoms with van der Waals surface area (Å²) in [4.78, 5) is 11.4. The second-order valence-corrected chi connectivity index (χ2v) is 7.41. The summed E-state index contributed by atoms with van der Waals surface area (Å²) in [5, 5.41) is 0. The van der Waals surface area contributed by atoms with Crippen molar-refractivity contribution in [3.63, 3.8) is 0 Å². The van der Waals surface area contributed by atoms with Gasteiger partial charge in [-0.3, -0.25) is 4.79 Å². The first-order valence-corrected chi connectivity index (χ1v) is 8.84. The number of rotatable bonds is 5. The van der Waals surface area contributed by atoms with Crippen LogP contribution in [0.2, 0.25) is 0 Å². The van der Waals surface area contributed by atoms with E-state index in [9.17, 15) is 17.6 Å². The van der Waals surface area contributed by atoms with Gasteiger partial charge in [-0.15, -0.1) is 0 Å². The van der Waals surface area contributed by atoms with Crippen LogP contribution < -0.4 is 4.72 Å². The smallest absolute Gasteiger partial charge is 0.309 e. The van der Waals surface area contributed by atoms with E-state index in [1.54, 1.807) is 6.07 Å². The standard InChI is InChI=1S/C15H20FNO4S/c1-10(15(18)21-2)9-22(19,20)17-14-5-3-4-11-6-7-12(16)8-13(11)14/h6-8,10,14,17H,3-5,9H2,1-2H3/t10?,14-/m0/s1. The summed E-state index contributed by atoms with van der Waals surface area (Å²) in [6.07, 6.45) is 2.26. The summed E-state index contributed by atoms with van der Waals surface area (Å²) in [6, 6.07) is 4.01. The number of fused-ring (bicyclic) bond motifs is 1.